The first-order valence-corrected chi connectivity index (χ1v) is 11.3. The molecule has 5 rings (SSSR count). The van der Waals surface area contributed by atoms with E-state index in [2.05, 4.69) is 15.3 Å². The number of hydrogen-bond acceptors (Lipinski definition) is 7. The molecule has 1 unspecified atom stereocenters. The fraction of sp³-hybridized carbons (Fsp3) is 0.160. The van der Waals surface area contributed by atoms with Crippen LogP contribution in [0.4, 0.5) is 0 Å². The van der Waals surface area contributed by atoms with E-state index in [1.54, 1.807) is 38.6 Å². The van der Waals surface area contributed by atoms with Crippen LogP contribution in [0, 0.1) is 0 Å². The summed E-state index contributed by atoms with van der Waals surface area (Å²) in [6.45, 7) is 0. The van der Waals surface area contributed by atoms with E-state index in [-0.39, 0.29) is 11.7 Å². The molecule has 1 atom stereocenters. The summed E-state index contributed by atoms with van der Waals surface area (Å²) < 4.78 is 19.6. The zero-order valence-corrected chi connectivity index (χ0v) is 19.6. The number of thiazole rings is 1. The molecule has 172 valence electrons. The van der Waals surface area contributed by atoms with Gasteiger partial charge in [-0.3, -0.25) is 4.79 Å². The van der Waals surface area contributed by atoms with Crippen molar-refractivity contribution in [1.82, 2.24) is 19.9 Å². The maximum absolute atomic E-state index is 13.2. The number of amides is 1. The molecule has 0 saturated carbocycles. The lowest BCUT2D eigenvalue weighted by Crippen LogP contribution is -2.31. The number of hydrogen-bond donors (Lipinski definition) is 1. The van der Waals surface area contributed by atoms with E-state index in [9.17, 15) is 4.79 Å². The summed E-state index contributed by atoms with van der Waals surface area (Å²) in [5.74, 6) is 2.23. The van der Waals surface area contributed by atoms with Gasteiger partial charge in [-0.1, -0.05) is 12.1 Å². The Labute approximate surface area is 199 Å². The Hall–Kier alpha value is -4.11. The van der Waals surface area contributed by atoms with E-state index in [1.807, 2.05) is 54.2 Å². The van der Waals surface area contributed by atoms with Gasteiger partial charge < -0.3 is 23.8 Å². The Morgan fingerprint density at radius 1 is 1.09 bits per heavy atom. The van der Waals surface area contributed by atoms with Gasteiger partial charge in [0.05, 0.1) is 24.4 Å². The lowest BCUT2D eigenvalue weighted by Gasteiger charge is -2.20. The second-order valence-electron chi connectivity index (χ2n) is 7.60. The first-order valence-electron chi connectivity index (χ1n) is 10.5. The van der Waals surface area contributed by atoms with Gasteiger partial charge in [-0.25, -0.2) is 9.97 Å². The Bertz CT molecular complexity index is 1410. The first kappa shape index (κ1) is 21.7. The van der Waals surface area contributed by atoms with Crippen LogP contribution >= 0.6 is 11.3 Å². The number of aromatic nitrogens is 3. The van der Waals surface area contributed by atoms with Gasteiger partial charge in [0, 0.05) is 25.5 Å². The number of carbonyl (C=O) groups is 1. The van der Waals surface area contributed by atoms with E-state index < -0.39 is 6.04 Å². The van der Waals surface area contributed by atoms with Crippen LogP contribution in [-0.4, -0.2) is 34.7 Å². The number of furan rings is 1. The highest BCUT2D eigenvalue weighted by Gasteiger charge is 2.25. The molecule has 2 aromatic carbocycles. The topological polar surface area (TPSA) is 91.4 Å². The molecule has 1 amide bonds. The average Bonchev–Trinajstić information content (AvgIpc) is 3.61. The predicted octanol–water partition coefficient (Wildman–Crippen LogP) is 4.83. The third-order valence-corrected chi connectivity index (χ3v) is 6.48. The van der Waals surface area contributed by atoms with Crippen LogP contribution in [0.25, 0.3) is 21.0 Å². The van der Waals surface area contributed by atoms with E-state index in [0.717, 1.165) is 20.8 Å². The largest absolute Gasteiger partial charge is 0.497 e. The number of methoxy groups -OCH3 is 2. The third kappa shape index (κ3) is 4.13. The van der Waals surface area contributed by atoms with Crippen molar-refractivity contribution in [2.45, 2.75) is 6.04 Å². The van der Waals surface area contributed by atoms with Gasteiger partial charge in [0.25, 0.3) is 5.91 Å². The molecular formula is C25H22N4O4S. The molecule has 0 saturated heterocycles. The minimum Gasteiger partial charge on any atom is -0.497 e. The molecule has 0 bridgehead atoms. The molecule has 1 N–H and O–H groups in total. The van der Waals surface area contributed by atoms with Crippen molar-refractivity contribution in [3.05, 3.63) is 84.1 Å². The van der Waals surface area contributed by atoms with Crippen LogP contribution < -0.4 is 14.8 Å². The number of para-hydroxylation sites is 1. The molecular weight excluding hydrogens is 452 g/mol. The molecule has 0 radical (unpaired) electrons. The Kier molecular flexibility index (Phi) is 5.77. The molecule has 3 aromatic heterocycles. The molecule has 0 aliphatic rings. The second kappa shape index (κ2) is 9.03. The minimum absolute atomic E-state index is 0.184. The van der Waals surface area contributed by atoms with Crippen molar-refractivity contribution in [3.63, 3.8) is 0 Å². The van der Waals surface area contributed by atoms with E-state index in [0.29, 0.717) is 23.1 Å². The summed E-state index contributed by atoms with van der Waals surface area (Å²) in [4.78, 5) is 22.3. The molecule has 5 aromatic rings. The van der Waals surface area contributed by atoms with E-state index in [1.165, 1.54) is 11.3 Å². The Morgan fingerprint density at radius 3 is 2.53 bits per heavy atom. The van der Waals surface area contributed by atoms with Crippen LogP contribution in [0.5, 0.6) is 11.5 Å². The van der Waals surface area contributed by atoms with Crippen molar-refractivity contribution < 1.29 is 18.7 Å². The van der Waals surface area contributed by atoms with Crippen LogP contribution in [0.15, 0.2) is 71.4 Å². The van der Waals surface area contributed by atoms with Crippen molar-refractivity contribution in [1.29, 1.82) is 0 Å². The Balaban J connectivity index is 1.46. The van der Waals surface area contributed by atoms with Crippen molar-refractivity contribution in [2.75, 3.05) is 14.2 Å². The molecule has 0 aliphatic carbocycles. The van der Waals surface area contributed by atoms with Crippen LogP contribution in [-0.2, 0) is 7.05 Å². The summed E-state index contributed by atoms with van der Waals surface area (Å²) in [5, 5.41) is 3.76. The molecule has 9 heteroatoms. The van der Waals surface area contributed by atoms with Gasteiger partial charge in [-0.15, -0.1) is 11.3 Å². The normalized spacial score (nSPS) is 12.0. The zero-order valence-electron chi connectivity index (χ0n) is 18.8. The summed E-state index contributed by atoms with van der Waals surface area (Å²) in [6, 6.07) is 16.2. The SMILES string of the molecule is COc1cc(OC)cc(C(NC(=O)c2ccc(-c3nc4ccccc4s3)o2)c2nccn2C)c1. The fourth-order valence-electron chi connectivity index (χ4n) is 3.70. The Morgan fingerprint density at radius 2 is 1.85 bits per heavy atom. The minimum atomic E-state index is -0.562. The number of ether oxygens (including phenoxy) is 2. The fourth-order valence-corrected chi connectivity index (χ4v) is 4.63. The maximum atomic E-state index is 13.2. The highest BCUT2D eigenvalue weighted by atomic mass is 32.1. The number of carbonyl (C=O) groups excluding carboxylic acids is 1. The number of rotatable bonds is 7. The average molecular weight is 475 g/mol. The van der Waals surface area contributed by atoms with Crippen LogP contribution in [0.3, 0.4) is 0 Å². The number of nitrogens with one attached hydrogen (secondary N) is 1. The van der Waals surface area contributed by atoms with E-state index >= 15 is 0 Å². The van der Waals surface area contributed by atoms with Gasteiger partial charge >= 0.3 is 0 Å². The van der Waals surface area contributed by atoms with Crippen LogP contribution in [0.2, 0.25) is 0 Å². The van der Waals surface area contributed by atoms with Crippen molar-refractivity contribution in [3.8, 4) is 22.3 Å². The zero-order chi connectivity index (χ0) is 23.7. The summed E-state index contributed by atoms with van der Waals surface area (Å²) in [7, 11) is 5.04. The van der Waals surface area contributed by atoms with Crippen LogP contribution in [0.1, 0.15) is 28.0 Å². The van der Waals surface area contributed by atoms with Crippen molar-refractivity contribution >= 4 is 27.5 Å². The highest BCUT2D eigenvalue weighted by Crippen LogP contribution is 2.32. The highest BCUT2D eigenvalue weighted by molar-refractivity contribution is 7.21. The number of nitrogens with zero attached hydrogens (tertiary/aromatic N) is 3. The standard InChI is InChI=1S/C25H22N4O4S/c1-29-11-10-26-23(29)22(15-12-16(31-2)14-17(13-15)32-3)28-24(30)19-8-9-20(33-19)25-27-18-6-4-5-7-21(18)34-25/h4-14,22H,1-3H3,(H,28,30). The summed E-state index contributed by atoms with van der Waals surface area (Å²) in [6.07, 6.45) is 3.51. The van der Waals surface area contributed by atoms with Gasteiger partial charge in [-0.2, -0.15) is 0 Å². The second-order valence-corrected chi connectivity index (χ2v) is 8.63. The quantitative estimate of drug-likeness (QED) is 0.363. The van der Waals surface area contributed by atoms with Gasteiger partial charge in [-0.05, 0) is 42.0 Å². The number of aryl methyl sites for hydroxylation is 1. The molecule has 3 heterocycles. The smallest absolute Gasteiger partial charge is 0.287 e. The monoisotopic (exact) mass is 474 g/mol. The molecule has 0 fully saturated rings. The van der Waals surface area contributed by atoms with Gasteiger partial charge in [0.15, 0.2) is 16.5 Å². The van der Waals surface area contributed by atoms with Gasteiger partial charge in [0.2, 0.25) is 0 Å². The molecule has 8 nitrogen and oxygen atoms in total. The predicted molar refractivity (Wildman–Crippen MR) is 129 cm³/mol. The number of fused-ring (bicyclic) bond motifs is 1. The molecule has 0 spiro atoms. The lowest BCUT2D eigenvalue weighted by atomic mass is 10.0. The lowest BCUT2D eigenvalue weighted by molar-refractivity contribution is 0.0914. The first-order chi connectivity index (χ1) is 16.6. The maximum Gasteiger partial charge on any atom is 0.287 e. The summed E-state index contributed by atoms with van der Waals surface area (Å²) in [5.41, 5.74) is 1.66. The van der Waals surface area contributed by atoms with Gasteiger partial charge in [0.1, 0.15) is 23.4 Å². The number of benzene rings is 2. The molecule has 0 aliphatic heterocycles. The number of imidazole rings is 1. The van der Waals surface area contributed by atoms with E-state index in [4.69, 9.17) is 13.9 Å². The summed E-state index contributed by atoms with van der Waals surface area (Å²) >= 11 is 1.52. The molecule has 34 heavy (non-hydrogen) atoms. The van der Waals surface area contributed by atoms with Crippen molar-refractivity contribution in [2.24, 2.45) is 7.05 Å². The third-order valence-electron chi connectivity index (χ3n) is 5.43.